The number of hydrogen-bond donors (Lipinski definition) is 2. The molecular formula is C12H16N2O2. The fourth-order valence-corrected chi connectivity index (χ4v) is 1.29. The van der Waals surface area contributed by atoms with Crippen LogP contribution in [0.15, 0.2) is 30.3 Å². The van der Waals surface area contributed by atoms with Gasteiger partial charge in [-0.25, -0.2) is 0 Å². The van der Waals surface area contributed by atoms with E-state index in [1.807, 2.05) is 30.3 Å². The SMILES string of the molecule is N[C@@H](CCC=O)C(=O)NCc1ccccc1. The molecule has 3 N–H and O–H groups in total. The van der Waals surface area contributed by atoms with Crippen LogP contribution < -0.4 is 11.1 Å². The minimum Gasteiger partial charge on any atom is -0.351 e. The first kappa shape index (κ1) is 12.4. The Labute approximate surface area is 94.8 Å². The van der Waals surface area contributed by atoms with E-state index < -0.39 is 6.04 Å². The average Bonchev–Trinajstić information content (AvgIpc) is 2.34. The summed E-state index contributed by atoms with van der Waals surface area (Å²) < 4.78 is 0. The van der Waals surface area contributed by atoms with E-state index in [-0.39, 0.29) is 5.91 Å². The fourth-order valence-electron chi connectivity index (χ4n) is 1.29. The van der Waals surface area contributed by atoms with E-state index >= 15 is 0 Å². The van der Waals surface area contributed by atoms with Crippen molar-refractivity contribution in [1.29, 1.82) is 0 Å². The number of nitrogens with two attached hydrogens (primary N) is 1. The van der Waals surface area contributed by atoms with Crippen LogP contribution in [0.2, 0.25) is 0 Å². The molecular weight excluding hydrogens is 204 g/mol. The third-order valence-electron chi connectivity index (χ3n) is 2.24. The quantitative estimate of drug-likeness (QED) is 0.690. The highest BCUT2D eigenvalue weighted by molar-refractivity contribution is 5.81. The number of rotatable bonds is 6. The van der Waals surface area contributed by atoms with Gasteiger partial charge < -0.3 is 15.8 Å². The summed E-state index contributed by atoms with van der Waals surface area (Å²) in [5, 5.41) is 2.73. The van der Waals surface area contributed by atoms with Crippen molar-refractivity contribution in [3.63, 3.8) is 0 Å². The van der Waals surface area contributed by atoms with Gasteiger partial charge >= 0.3 is 0 Å². The summed E-state index contributed by atoms with van der Waals surface area (Å²) in [4.78, 5) is 21.6. The van der Waals surface area contributed by atoms with Gasteiger partial charge in [-0.15, -0.1) is 0 Å². The maximum atomic E-state index is 11.5. The summed E-state index contributed by atoms with van der Waals surface area (Å²) in [6.45, 7) is 0.467. The van der Waals surface area contributed by atoms with Gasteiger partial charge in [-0.1, -0.05) is 30.3 Å². The molecule has 1 atom stereocenters. The molecule has 0 aliphatic heterocycles. The number of carbonyl (C=O) groups is 2. The highest BCUT2D eigenvalue weighted by Crippen LogP contribution is 1.98. The first-order valence-corrected chi connectivity index (χ1v) is 5.25. The molecule has 0 saturated carbocycles. The lowest BCUT2D eigenvalue weighted by Crippen LogP contribution is -2.40. The zero-order chi connectivity index (χ0) is 11.8. The molecule has 16 heavy (non-hydrogen) atoms. The molecule has 0 saturated heterocycles. The summed E-state index contributed by atoms with van der Waals surface area (Å²) in [5.41, 5.74) is 6.62. The van der Waals surface area contributed by atoms with Crippen LogP contribution in [0.3, 0.4) is 0 Å². The summed E-state index contributed by atoms with van der Waals surface area (Å²) >= 11 is 0. The third-order valence-corrected chi connectivity index (χ3v) is 2.24. The molecule has 0 radical (unpaired) electrons. The number of aldehydes is 1. The molecule has 0 aliphatic carbocycles. The molecule has 0 spiro atoms. The van der Waals surface area contributed by atoms with Gasteiger partial charge in [0.2, 0.25) is 5.91 Å². The molecule has 0 aliphatic rings. The molecule has 1 aromatic carbocycles. The van der Waals surface area contributed by atoms with Gasteiger partial charge in [-0.05, 0) is 12.0 Å². The Morgan fingerprint density at radius 2 is 2.06 bits per heavy atom. The number of hydrogen-bond acceptors (Lipinski definition) is 3. The monoisotopic (exact) mass is 220 g/mol. The molecule has 86 valence electrons. The Morgan fingerprint density at radius 1 is 1.38 bits per heavy atom. The zero-order valence-electron chi connectivity index (χ0n) is 9.06. The van der Waals surface area contributed by atoms with Crippen LogP contribution in [-0.4, -0.2) is 18.2 Å². The first-order valence-electron chi connectivity index (χ1n) is 5.25. The van der Waals surface area contributed by atoms with E-state index in [1.165, 1.54) is 0 Å². The second-order valence-electron chi connectivity index (χ2n) is 3.55. The highest BCUT2D eigenvalue weighted by atomic mass is 16.2. The standard InChI is InChI=1S/C12H16N2O2/c13-11(7-4-8-15)12(16)14-9-10-5-2-1-3-6-10/h1-3,5-6,8,11H,4,7,9,13H2,(H,14,16)/t11-/m0/s1. The van der Waals surface area contributed by atoms with Crippen LogP contribution in [0.4, 0.5) is 0 Å². The second-order valence-corrected chi connectivity index (χ2v) is 3.55. The Morgan fingerprint density at radius 3 is 2.69 bits per heavy atom. The predicted octanol–water partition coefficient (Wildman–Crippen LogP) is 0.609. The minimum absolute atomic E-state index is 0.217. The highest BCUT2D eigenvalue weighted by Gasteiger charge is 2.11. The molecule has 4 nitrogen and oxygen atoms in total. The normalized spacial score (nSPS) is 11.8. The third kappa shape index (κ3) is 4.23. The predicted molar refractivity (Wildman–Crippen MR) is 61.6 cm³/mol. The van der Waals surface area contributed by atoms with Crippen LogP contribution in [-0.2, 0) is 16.1 Å². The number of amides is 1. The van der Waals surface area contributed by atoms with E-state index in [2.05, 4.69) is 5.32 Å². The molecule has 0 fully saturated rings. The lowest BCUT2D eigenvalue weighted by Gasteiger charge is -2.10. The summed E-state index contributed by atoms with van der Waals surface area (Å²) in [6.07, 6.45) is 1.48. The van der Waals surface area contributed by atoms with Crippen molar-refractivity contribution in [2.24, 2.45) is 5.73 Å². The van der Waals surface area contributed by atoms with E-state index in [9.17, 15) is 9.59 Å². The van der Waals surface area contributed by atoms with Gasteiger partial charge in [0.15, 0.2) is 0 Å². The second kappa shape index (κ2) is 6.74. The first-order chi connectivity index (χ1) is 7.74. The molecule has 4 heteroatoms. The van der Waals surface area contributed by atoms with Gasteiger partial charge in [0.25, 0.3) is 0 Å². The van der Waals surface area contributed by atoms with Gasteiger partial charge in [0.05, 0.1) is 6.04 Å². The fraction of sp³-hybridized carbons (Fsp3) is 0.333. The molecule has 0 aromatic heterocycles. The molecule has 0 bridgehead atoms. The van der Waals surface area contributed by atoms with E-state index in [0.717, 1.165) is 11.8 Å². The molecule has 0 unspecified atom stereocenters. The van der Waals surface area contributed by atoms with Crippen molar-refractivity contribution in [2.75, 3.05) is 0 Å². The van der Waals surface area contributed by atoms with Crippen molar-refractivity contribution < 1.29 is 9.59 Å². The lowest BCUT2D eigenvalue weighted by molar-refractivity contribution is -0.122. The maximum absolute atomic E-state index is 11.5. The Balaban J connectivity index is 2.32. The van der Waals surface area contributed by atoms with Crippen molar-refractivity contribution >= 4 is 12.2 Å². The van der Waals surface area contributed by atoms with Crippen LogP contribution >= 0.6 is 0 Å². The summed E-state index contributed by atoms with van der Waals surface area (Å²) in [5.74, 6) is -0.217. The maximum Gasteiger partial charge on any atom is 0.237 e. The van der Waals surface area contributed by atoms with Crippen LogP contribution in [0, 0.1) is 0 Å². The zero-order valence-corrected chi connectivity index (χ0v) is 9.06. The van der Waals surface area contributed by atoms with Crippen LogP contribution in [0.1, 0.15) is 18.4 Å². The van der Waals surface area contributed by atoms with E-state index in [1.54, 1.807) is 0 Å². The van der Waals surface area contributed by atoms with Gasteiger partial charge in [-0.2, -0.15) is 0 Å². The van der Waals surface area contributed by atoms with Crippen molar-refractivity contribution in [2.45, 2.75) is 25.4 Å². The van der Waals surface area contributed by atoms with Crippen LogP contribution in [0.5, 0.6) is 0 Å². The van der Waals surface area contributed by atoms with Gasteiger partial charge in [-0.3, -0.25) is 4.79 Å². The molecule has 1 amide bonds. The van der Waals surface area contributed by atoms with Crippen molar-refractivity contribution in [1.82, 2.24) is 5.32 Å². The van der Waals surface area contributed by atoms with E-state index in [0.29, 0.717) is 19.4 Å². The van der Waals surface area contributed by atoms with E-state index in [4.69, 9.17) is 5.73 Å². The Kier molecular flexibility index (Phi) is 5.22. The largest absolute Gasteiger partial charge is 0.351 e. The molecule has 1 rings (SSSR count). The van der Waals surface area contributed by atoms with Gasteiger partial charge in [0, 0.05) is 13.0 Å². The van der Waals surface area contributed by atoms with Gasteiger partial charge in [0.1, 0.15) is 6.29 Å². The number of benzene rings is 1. The number of nitrogens with one attached hydrogen (secondary N) is 1. The Hall–Kier alpha value is -1.68. The summed E-state index contributed by atoms with van der Waals surface area (Å²) in [7, 11) is 0. The smallest absolute Gasteiger partial charge is 0.237 e. The van der Waals surface area contributed by atoms with Crippen LogP contribution in [0.25, 0.3) is 0 Å². The minimum atomic E-state index is -0.603. The average molecular weight is 220 g/mol. The molecule has 0 heterocycles. The topological polar surface area (TPSA) is 72.2 Å². The summed E-state index contributed by atoms with van der Waals surface area (Å²) in [6, 6.07) is 8.99. The lowest BCUT2D eigenvalue weighted by atomic mass is 10.1. The van der Waals surface area contributed by atoms with Crippen molar-refractivity contribution in [3.05, 3.63) is 35.9 Å². The van der Waals surface area contributed by atoms with Crippen molar-refractivity contribution in [3.8, 4) is 0 Å². The molecule has 1 aromatic rings. The number of carbonyl (C=O) groups excluding carboxylic acids is 2. The Bertz CT molecular complexity index is 338.